The zero-order chi connectivity index (χ0) is 21.7. The summed E-state index contributed by atoms with van der Waals surface area (Å²) in [4.78, 5) is 12.5. The number of hydrogen-bond donors (Lipinski definition) is 3. The number of hydrazone groups is 1. The van der Waals surface area contributed by atoms with Gasteiger partial charge >= 0.3 is 0 Å². The molecular formula is C20H15BrClN3O4S. The number of halogens is 2. The van der Waals surface area contributed by atoms with Crippen LogP contribution in [0, 0.1) is 0 Å². The van der Waals surface area contributed by atoms with Crippen molar-refractivity contribution in [1.82, 2.24) is 5.43 Å². The van der Waals surface area contributed by atoms with E-state index in [9.17, 15) is 18.3 Å². The Morgan fingerprint density at radius 3 is 2.50 bits per heavy atom. The van der Waals surface area contributed by atoms with Crippen LogP contribution in [0.1, 0.15) is 15.9 Å². The second-order valence-electron chi connectivity index (χ2n) is 6.01. The lowest BCUT2D eigenvalue weighted by Gasteiger charge is -2.11. The Balaban J connectivity index is 1.79. The van der Waals surface area contributed by atoms with E-state index in [1.165, 1.54) is 48.7 Å². The van der Waals surface area contributed by atoms with Gasteiger partial charge in [0.25, 0.3) is 15.9 Å². The minimum absolute atomic E-state index is 0.00487. The van der Waals surface area contributed by atoms with Gasteiger partial charge in [0.1, 0.15) is 5.75 Å². The summed E-state index contributed by atoms with van der Waals surface area (Å²) in [5.74, 6) is -0.637. The van der Waals surface area contributed by atoms with Crippen LogP contribution in [0.3, 0.4) is 0 Å². The molecule has 3 aromatic carbocycles. The predicted molar refractivity (Wildman–Crippen MR) is 120 cm³/mol. The maximum atomic E-state index is 12.6. The van der Waals surface area contributed by atoms with Crippen LogP contribution in [-0.4, -0.2) is 25.6 Å². The maximum absolute atomic E-state index is 12.6. The molecule has 10 heteroatoms. The van der Waals surface area contributed by atoms with Crippen molar-refractivity contribution in [3.8, 4) is 5.75 Å². The molecule has 3 rings (SSSR count). The summed E-state index contributed by atoms with van der Waals surface area (Å²) >= 11 is 9.08. The molecule has 0 aliphatic rings. The fourth-order valence-electron chi connectivity index (χ4n) is 2.44. The first-order valence-corrected chi connectivity index (χ1v) is 11.1. The van der Waals surface area contributed by atoms with Gasteiger partial charge in [-0.3, -0.25) is 9.52 Å². The normalized spacial score (nSPS) is 11.4. The van der Waals surface area contributed by atoms with E-state index in [1.54, 1.807) is 24.3 Å². The smallest absolute Gasteiger partial charge is 0.273 e. The first kappa shape index (κ1) is 21.8. The topological polar surface area (TPSA) is 108 Å². The molecule has 3 N–H and O–H groups in total. The molecule has 3 aromatic rings. The van der Waals surface area contributed by atoms with Crippen LogP contribution in [0.4, 0.5) is 5.69 Å². The van der Waals surface area contributed by atoms with Gasteiger partial charge in [-0.15, -0.1) is 0 Å². The van der Waals surface area contributed by atoms with Gasteiger partial charge in [0.15, 0.2) is 0 Å². The van der Waals surface area contributed by atoms with Crippen molar-refractivity contribution >= 4 is 55.4 Å². The summed E-state index contributed by atoms with van der Waals surface area (Å²) in [6.45, 7) is 0. The molecule has 0 aliphatic heterocycles. The summed E-state index contributed by atoms with van der Waals surface area (Å²) in [5, 5.41) is 14.0. The highest BCUT2D eigenvalue weighted by Crippen LogP contribution is 2.22. The number of carbonyl (C=O) groups excluding carboxylic acids is 1. The van der Waals surface area contributed by atoms with E-state index in [4.69, 9.17) is 11.6 Å². The molecule has 0 aromatic heterocycles. The van der Waals surface area contributed by atoms with Crippen molar-refractivity contribution in [2.75, 3.05) is 4.72 Å². The van der Waals surface area contributed by atoms with Gasteiger partial charge in [-0.1, -0.05) is 39.7 Å². The number of amides is 1. The quantitative estimate of drug-likeness (QED) is 0.339. The molecule has 30 heavy (non-hydrogen) atoms. The zero-order valence-corrected chi connectivity index (χ0v) is 18.4. The van der Waals surface area contributed by atoms with Crippen LogP contribution in [0.5, 0.6) is 5.75 Å². The van der Waals surface area contributed by atoms with E-state index in [0.717, 1.165) is 4.47 Å². The molecule has 0 radical (unpaired) electrons. The summed E-state index contributed by atoms with van der Waals surface area (Å²) < 4.78 is 28.3. The molecule has 0 saturated carbocycles. The Bertz CT molecular complexity index is 1210. The molecule has 0 aliphatic carbocycles. The highest BCUT2D eigenvalue weighted by molar-refractivity contribution is 9.10. The molecule has 0 bridgehead atoms. The number of hydrogen-bond acceptors (Lipinski definition) is 5. The third kappa shape index (κ3) is 5.38. The summed E-state index contributed by atoms with van der Waals surface area (Å²) in [5.41, 5.74) is 2.87. The van der Waals surface area contributed by atoms with Gasteiger partial charge in [-0.25, -0.2) is 13.8 Å². The minimum Gasteiger partial charge on any atom is -0.507 e. The molecule has 7 nitrogen and oxygen atoms in total. The molecular weight excluding hydrogens is 494 g/mol. The number of rotatable bonds is 6. The van der Waals surface area contributed by atoms with Crippen molar-refractivity contribution in [2.45, 2.75) is 4.90 Å². The molecule has 1 amide bonds. The first-order valence-electron chi connectivity index (χ1n) is 8.45. The van der Waals surface area contributed by atoms with Crippen LogP contribution >= 0.6 is 27.5 Å². The van der Waals surface area contributed by atoms with Crippen LogP contribution in [-0.2, 0) is 10.0 Å². The van der Waals surface area contributed by atoms with E-state index >= 15 is 0 Å². The van der Waals surface area contributed by atoms with Crippen LogP contribution in [0.2, 0.25) is 5.02 Å². The number of anilines is 1. The van der Waals surface area contributed by atoms with E-state index < -0.39 is 15.9 Å². The standard InChI is InChI=1S/C20H15BrClN3O4S/c21-14-5-10-19(26)13(11-14)12-23-24-20(27)17-3-1-2-4-18(17)25-30(28,29)16-8-6-15(22)7-9-16/h1-12,25-26H,(H,24,27)/b23-12+. The number of nitrogens with one attached hydrogen (secondary N) is 2. The fraction of sp³-hybridized carbons (Fsp3) is 0. The number of aromatic hydroxyl groups is 1. The molecule has 0 heterocycles. The van der Waals surface area contributed by atoms with Crippen molar-refractivity contribution in [2.24, 2.45) is 5.10 Å². The second kappa shape index (κ2) is 9.29. The van der Waals surface area contributed by atoms with Gasteiger partial charge in [0.2, 0.25) is 0 Å². The number of benzene rings is 3. The average molecular weight is 509 g/mol. The molecule has 0 saturated heterocycles. The molecule has 0 atom stereocenters. The lowest BCUT2D eigenvalue weighted by atomic mass is 10.2. The largest absolute Gasteiger partial charge is 0.507 e. The summed E-state index contributed by atoms with van der Waals surface area (Å²) in [6.07, 6.45) is 1.28. The van der Waals surface area contributed by atoms with Crippen LogP contribution < -0.4 is 10.1 Å². The number of carbonyl (C=O) groups is 1. The van der Waals surface area contributed by atoms with Crippen LogP contribution in [0.25, 0.3) is 0 Å². The average Bonchev–Trinajstić information content (AvgIpc) is 2.71. The van der Waals surface area contributed by atoms with E-state index in [1.807, 2.05) is 0 Å². The first-order chi connectivity index (χ1) is 14.3. The van der Waals surface area contributed by atoms with Gasteiger partial charge < -0.3 is 5.11 Å². The van der Waals surface area contributed by atoms with E-state index in [-0.39, 0.29) is 21.9 Å². The highest BCUT2D eigenvalue weighted by atomic mass is 79.9. The monoisotopic (exact) mass is 507 g/mol. The van der Waals surface area contributed by atoms with Gasteiger partial charge in [0, 0.05) is 15.1 Å². The van der Waals surface area contributed by atoms with E-state index in [2.05, 4.69) is 31.2 Å². The fourth-order valence-corrected chi connectivity index (χ4v) is 4.02. The molecule has 0 spiro atoms. The number of phenolic OH excluding ortho intramolecular Hbond substituents is 1. The highest BCUT2D eigenvalue weighted by Gasteiger charge is 2.18. The van der Waals surface area contributed by atoms with Crippen LogP contribution in [0.15, 0.2) is 81.2 Å². The Morgan fingerprint density at radius 2 is 1.77 bits per heavy atom. The lowest BCUT2D eigenvalue weighted by molar-refractivity contribution is 0.0956. The molecule has 0 fully saturated rings. The third-order valence-corrected chi connectivity index (χ3v) is 6.03. The van der Waals surface area contributed by atoms with Crippen molar-refractivity contribution in [3.63, 3.8) is 0 Å². The predicted octanol–water partition coefficient (Wildman–Crippen LogP) is 4.37. The van der Waals surface area contributed by atoms with Gasteiger partial charge in [-0.05, 0) is 54.6 Å². The van der Waals surface area contributed by atoms with Crippen molar-refractivity contribution in [3.05, 3.63) is 87.4 Å². The summed E-state index contributed by atoms with van der Waals surface area (Å²) in [7, 11) is -3.93. The number of sulfonamides is 1. The van der Waals surface area contributed by atoms with E-state index in [0.29, 0.717) is 10.6 Å². The Kier molecular flexibility index (Phi) is 6.76. The maximum Gasteiger partial charge on any atom is 0.273 e. The molecule has 154 valence electrons. The second-order valence-corrected chi connectivity index (χ2v) is 9.04. The zero-order valence-electron chi connectivity index (χ0n) is 15.2. The van der Waals surface area contributed by atoms with Crippen molar-refractivity contribution in [1.29, 1.82) is 0 Å². The third-order valence-electron chi connectivity index (χ3n) is 3.90. The van der Waals surface area contributed by atoms with Crippen molar-refractivity contribution < 1.29 is 18.3 Å². The van der Waals surface area contributed by atoms with Gasteiger partial charge in [-0.2, -0.15) is 5.10 Å². The Morgan fingerprint density at radius 1 is 1.07 bits per heavy atom. The number of para-hydroxylation sites is 1. The summed E-state index contributed by atoms with van der Waals surface area (Å²) in [6, 6.07) is 16.5. The number of nitrogens with zero attached hydrogens (tertiary/aromatic N) is 1. The minimum atomic E-state index is -3.93. The van der Waals surface area contributed by atoms with Gasteiger partial charge in [0.05, 0.1) is 22.4 Å². The Hall–Kier alpha value is -2.88. The lowest BCUT2D eigenvalue weighted by Crippen LogP contribution is -2.21. The molecule has 0 unspecified atom stereocenters. The number of phenols is 1. The SMILES string of the molecule is O=C(N/N=C/c1cc(Br)ccc1O)c1ccccc1NS(=O)(=O)c1ccc(Cl)cc1. The Labute approximate surface area is 186 Å².